The van der Waals surface area contributed by atoms with Crippen LogP contribution in [0.3, 0.4) is 0 Å². The molecule has 0 atom stereocenters. The van der Waals surface area contributed by atoms with E-state index in [0.29, 0.717) is 59.5 Å². The first-order chi connectivity index (χ1) is 18.3. The van der Waals surface area contributed by atoms with Gasteiger partial charge in [0.1, 0.15) is 11.6 Å². The number of benzene rings is 3. The molecular formula is C29H24Cl2FN3O3. The molecule has 6 nitrogen and oxygen atoms in total. The standard InChI is InChI=1S/C29H24Cl2FN3O3/c1-18-5-7-19(8-6-18)29(37)35-15-13-34(14-16-35)27-21(30)3-2-4-24(27)33-28(36)26-12-11-25(38-26)20-9-10-23(32)22(31)17-20/h2-12,17H,13-16H2,1H3,(H,33,36). The molecule has 0 spiro atoms. The van der Waals surface area contributed by atoms with Crippen LogP contribution in [-0.4, -0.2) is 42.9 Å². The normalized spacial score (nSPS) is 13.5. The summed E-state index contributed by atoms with van der Waals surface area (Å²) in [6.45, 7) is 4.14. The summed E-state index contributed by atoms with van der Waals surface area (Å²) in [6, 6.07) is 20.2. The maximum atomic E-state index is 13.5. The van der Waals surface area contributed by atoms with Crippen molar-refractivity contribution in [1.29, 1.82) is 0 Å². The number of amides is 2. The molecule has 1 N–H and O–H groups in total. The molecule has 38 heavy (non-hydrogen) atoms. The summed E-state index contributed by atoms with van der Waals surface area (Å²) in [5.74, 6) is -0.527. The molecule has 5 rings (SSSR count). The molecular weight excluding hydrogens is 528 g/mol. The Balaban J connectivity index is 1.29. The first-order valence-electron chi connectivity index (χ1n) is 12.1. The fourth-order valence-corrected chi connectivity index (χ4v) is 4.87. The lowest BCUT2D eigenvalue weighted by Crippen LogP contribution is -2.49. The second kappa shape index (κ2) is 10.9. The lowest BCUT2D eigenvalue weighted by Gasteiger charge is -2.37. The van der Waals surface area contributed by atoms with Crippen molar-refractivity contribution in [2.45, 2.75) is 6.92 Å². The SMILES string of the molecule is Cc1ccc(C(=O)N2CCN(c3c(Cl)cccc3NC(=O)c3ccc(-c4ccc(F)c(Cl)c4)o3)CC2)cc1. The first kappa shape index (κ1) is 25.8. The van der Waals surface area contributed by atoms with Gasteiger partial charge >= 0.3 is 0 Å². The van der Waals surface area contributed by atoms with Crippen LogP contribution in [0.2, 0.25) is 10.0 Å². The van der Waals surface area contributed by atoms with E-state index < -0.39 is 11.7 Å². The van der Waals surface area contributed by atoms with Crippen molar-refractivity contribution >= 4 is 46.4 Å². The minimum Gasteiger partial charge on any atom is -0.451 e. The van der Waals surface area contributed by atoms with Gasteiger partial charge in [0.25, 0.3) is 11.8 Å². The third kappa shape index (κ3) is 5.39. The fraction of sp³-hybridized carbons (Fsp3) is 0.172. The summed E-state index contributed by atoms with van der Waals surface area (Å²) in [5.41, 5.74) is 3.53. The van der Waals surface area contributed by atoms with E-state index in [9.17, 15) is 14.0 Å². The second-order valence-electron chi connectivity index (χ2n) is 9.03. The van der Waals surface area contributed by atoms with Gasteiger partial charge in [0.2, 0.25) is 0 Å². The molecule has 0 radical (unpaired) electrons. The van der Waals surface area contributed by atoms with Crippen molar-refractivity contribution in [3.05, 3.63) is 106 Å². The van der Waals surface area contributed by atoms with Crippen LogP contribution in [0.4, 0.5) is 15.8 Å². The Morgan fingerprint density at radius 2 is 1.63 bits per heavy atom. The summed E-state index contributed by atoms with van der Waals surface area (Å²) >= 11 is 12.4. The molecule has 2 amide bonds. The Labute approximate surface area is 229 Å². The molecule has 1 aromatic heterocycles. The largest absolute Gasteiger partial charge is 0.451 e. The summed E-state index contributed by atoms with van der Waals surface area (Å²) in [5, 5.41) is 3.34. The molecule has 1 fully saturated rings. The summed E-state index contributed by atoms with van der Waals surface area (Å²) < 4.78 is 19.2. The van der Waals surface area contributed by atoms with Gasteiger partial charge in [-0.05, 0) is 61.5 Å². The number of hydrogen-bond acceptors (Lipinski definition) is 4. The molecule has 2 heterocycles. The van der Waals surface area contributed by atoms with Crippen molar-refractivity contribution in [3.8, 4) is 11.3 Å². The number of nitrogens with one attached hydrogen (secondary N) is 1. The zero-order chi connectivity index (χ0) is 26.8. The molecule has 1 saturated heterocycles. The highest BCUT2D eigenvalue weighted by molar-refractivity contribution is 6.34. The zero-order valence-electron chi connectivity index (χ0n) is 20.5. The molecule has 0 aliphatic carbocycles. The molecule has 0 saturated carbocycles. The number of para-hydroxylation sites is 1. The number of carbonyl (C=O) groups excluding carboxylic acids is 2. The van der Waals surface area contributed by atoms with E-state index in [0.717, 1.165) is 5.56 Å². The minimum absolute atomic E-state index is 0.00611. The summed E-state index contributed by atoms with van der Waals surface area (Å²) in [6.07, 6.45) is 0. The Kier molecular flexibility index (Phi) is 7.40. The van der Waals surface area contributed by atoms with Crippen molar-refractivity contribution in [2.24, 2.45) is 0 Å². The number of rotatable bonds is 5. The number of aryl methyl sites for hydroxylation is 1. The van der Waals surface area contributed by atoms with Gasteiger partial charge in [-0.25, -0.2) is 4.39 Å². The van der Waals surface area contributed by atoms with Gasteiger partial charge in [0, 0.05) is 37.3 Å². The van der Waals surface area contributed by atoms with Gasteiger partial charge in [-0.15, -0.1) is 0 Å². The number of hydrogen-bond donors (Lipinski definition) is 1. The average Bonchev–Trinajstić information content (AvgIpc) is 3.41. The van der Waals surface area contributed by atoms with E-state index in [1.54, 1.807) is 30.3 Å². The van der Waals surface area contributed by atoms with Crippen LogP contribution in [0.5, 0.6) is 0 Å². The molecule has 1 aliphatic rings. The van der Waals surface area contributed by atoms with E-state index in [4.69, 9.17) is 27.6 Å². The monoisotopic (exact) mass is 551 g/mol. The van der Waals surface area contributed by atoms with Crippen molar-refractivity contribution < 1.29 is 18.4 Å². The zero-order valence-corrected chi connectivity index (χ0v) is 22.0. The third-order valence-electron chi connectivity index (χ3n) is 6.45. The number of halogens is 3. The molecule has 3 aromatic carbocycles. The maximum Gasteiger partial charge on any atom is 0.291 e. The van der Waals surface area contributed by atoms with Crippen molar-refractivity contribution in [3.63, 3.8) is 0 Å². The number of anilines is 2. The van der Waals surface area contributed by atoms with E-state index >= 15 is 0 Å². The van der Waals surface area contributed by atoms with Crippen LogP contribution >= 0.6 is 23.2 Å². The van der Waals surface area contributed by atoms with Gasteiger partial charge in [-0.2, -0.15) is 0 Å². The Hall–Kier alpha value is -3.81. The van der Waals surface area contributed by atoms with Gasteiger partial charge < -0.3 is 19.5 Å². The molecule has 1 aliphatic heterocycles. The maximum absolute atomic E-state index is 13.5. The van der Waals surface area contributed by atoms with E-state index in [1.165, 1.54) is 18.2 Å². The van der Waals surface area contributed by atoms with Crippen molar-refractivity contribution in [1.82, 2.24) is 4.90 Å². The van der Waals surface area contributed by atoms with E-state index in [2.05, 4.69) is 10.2 Å². The van der Waals surface area contributed by atoms with Crippen LogP contribution in [-0.2, 0) is 0 Å². The van der Waals surface area contributed by atoms with Gasteiger partial charge in [-0.1, -0.05) is 47.0 Å². The Bertz CT molecular complexity index is 1500. The predicted molar refractivity (Wildman–Crippen MR) is 148 cm³/mol. The highest BCUT2D eigenvalue weighted by Crippen LogP contribution is 2.35. The highest BCUT2D eigenvalue weighted by Gasteiger charge is 2.26. The average molecular weight is 552 g/mol. The second-order valence-corrected chi connectivity index (χ2v) is 9.84. The third-order valence-corrected chi connectivity index (χ3v) is 7.05. The van der Waals surface area contributed by atoms with E-state index in [-0.39, 0.29) is 16.7 Å². The molecule has 0 unspecified atom stereocenters. The fourth-order valence-electron chi connectivity index (χ4n) is 4.40. The summed E-state index contributed by atoms with van der Waals surface area (Å²) in [4.78, 5) is 29.8. The highest BCUT2D eigenvalue weighted by atomic mass is 35.5. The number of carbonyl (C=O) groups is 2. The number of furan rings is 1. The Morgan fingerprint density at radius 3 is 2.34 bits per heavy atom. The van der Waals surface area contributed by atoms with Gasteiger partial charge in [0.05, 0.1) is 21.4 Å². The van der Waals surface area contributed by atoms with E-state index in [1.807, 2.05) is 36.1 Å². The van der Waals surface area contributed by atoms with Crippen LogP contribution in [0, 0.1) is 12.7 Å². The van der Waals surface area contributed by atoms with Crippen LogP contribution in [0.25, 0.3) is 11.3 Å². The van der Waals surface area contributed by atoms with Crippen LogP contribution in [0.1, 0.15) is 26.5 Å². The van der Waals surface area contributed by atoms with Crippen molar-refractivity contribution in [2.75, 3.05) is 36.4 Å². The molecule has 0 bridgehead atoms. The smallest absolute Gasteiger partial charge is 0.291 e. The number of nitrogens with zero attached hydrogens (tertiary/aromatic N) is 2. The first-order valence-corrected chi connectivity index (χ1v) is 12.8. The summed E-state index contributed by atoms with van der Waals surface area (Å²) in [7, 11) is 0. The Morgan fingerprint density at radius 1 is 0.895 bits per heavy atom. The molecule has 9 heteroatoms. The molecule has 4 aromatic rings. The number of piperazine rings is 1. The van der Waals surface area contributed by atoms with Gasteiger partial charge in [-0.3, -0.25) is 9.59 Å². The van der Waals surface area contributed by atoms with Gasteiger partial charge in [0.15, 0.2) is 5.76 Å². The van der Waals surface area contributed by atoms with Crippen LogP contribution in [0.15, 0.2) is 77.2 Å². The molecule has 194 valence electrons. The predicted octanol–water partition coefficient (Wildman–Crippen LogP) is 6.92. The minimum atomic E-state index is -0.534. The van der Waals surface area contributed by atoms with Crippen LogP contribution < -0.4 is 10.2 Å². The lowest BCUT2D eigenvalue weighted by atomic mass is 10.1. The quantitative estimate of drug-likeness (QED) is 0.292. The lowest BCUT2D eigenvalue weighted by molar-refractivity contribution is 0.0746. The topological polar surface area (TPSA) is 65.8 Å².